The smallest absolute Gasteiger partial charge is 0.265 e. The zero-order valence-corrected chi connectivity index (χ0v) is 16.7. The Hall–Kier alpha value is -2.02. The summed E-state index contributed by atoms with van der Waals surface area (Å²) in [6.45, 7) is 5.51. The van der Waals surface area contributed by atoms with E-state index in [0.29, 0.717) is 20.9 Å². The summed E-state index contributed by atoms with van der Waals surface area (Å²) in [4.78, 5) is 16.9. The number of carbonyl (C=O) groups is 1. The van der Waals surface area contributed by atoms with Gasteiger partial charge < -0.3 is 15.8 Å². The Kier molecular flexibility index (Phi) is 5.27. The van der Waals surface area contributed by atoms with Crippen molar-refractivity contribution in [3.63, 3.8) is 0 Å². The van der Waals surface area contributed by atoms with Gasteiger partial charge in [0.15, 0.2) is 11.2 Å². The molecule has 136 valence electrons. The van der Waals surface area contributed by atoms with E-state index in [0.717, 1.165) is 27.0 Å². The first kappa shape index (κ1) is 18.8. The van der Waals surface area contributed by atoms with Crippen molar-refractivity contribution in [2.45, 2.75) is 26.9 Å². The van der Waals surface area contributed by atoms with Gasteiger partial charge in [-0.3, -0.25) is 4.79 Å². The van der Waals surface area contributed by atoms with Crippen molar-refractivity contribution in [2.24, 2.45) is 0 Å². The standard InChI is InChI=1S/C18H17Cl2N3O2S/c1-8-6-13-16(26-18(21)22-13)9(2)15(8)23-17(24)10(3)25-14-5-4-11(19)7-12(14)20/h4-7,10H,1-3H3,(H2,21,22)(H,23,24)/t10-/m1/s1. The molecule has 1 heterocycles. The van der Waals surface area contributed by atoms with Gasteiger partial charge in [-0.1, -0.05) is 34.5 Å². The van der Waals surface area contributed by atoms with E-state index in [2.05, 4.69) is 10.3 Å². The molecule has 26 heavy (non-hydrogen) atoms. The van der Waals surface area contributed by atoms with Gasteiger partial charge in [0.1, 0.15) is 5.75 Å². The third kappa shape index (κ3) is 3.72. The molecular formula is C18H17Cl2N3O2S. The number of fused-ring (bicyclic) bond motifs is 1. The second kappa shape index (κ2) is 7.31. The molecule has 3 N–H and O–H groups in total. The molecule has 0 aliphatic carbocycles. The second-order valence-electron chi connectivity index (χ2n) is 5.92. The van der Waals surface area contributed by atoms with E-state index in [1.54, 1.807) is 25.1 Å². The Morgan fingerprint density at radius 2 is 2.04 bits per heavy atom. The predicted molar refractivity (Wildman–Crippen MR) is 109 cm³/mol. The molecule has 0 saturated heterocycles. The summed E-state index contributed by atoms with van der Waals surface area (Å²) in [5.41, 5.74) is 9.21. The number of hydrogen-bond donors (Lipinski definition) is 2. The number of nitrogens with two attached hydrogens (primary N) is 1. The minimum Gasteiger partial charge on any atom is -0.479 e. The fourth-order valence-electron chi connectivity index (χ4n) is 2.63. The van der Waals surface area contributed by atoms with Crippen molar-refractivity contribution < 1.29 is 9.53 Å². The number of carbonyl (C=O) groups excluding carboxylic acids is 1. The molecule has 5 nitrogen and oxygen atoms in total. The highest BCUT2D eigenvalue weighted by atomic mass is 35.5. The normalized spacial score (nSPS) is 12.2. The van der Waals surface area contributed by atoms with Gasteiger partial charge in [0.05, 0.1) is 15.2 Å². The van der Waals surface area contributed by atoms with E-state index < -0.39 is 6.10 Å². The number of nitrogen functional groups attached to an aromatic ring is 1. The third-order valence-corrected chi connectivity index (χ3v) is 5.50. The highest BCUT2D eigenvalue weighted by Crippen LogP contribution is 2.34. The largest absolute Gasteiger partial charge is 0.479 e. The first-order chi connectivity index (χ1) is 12.3. The zero-order valence-electron chi connectivity index (χ0n) is 14.4. The van der Waals surface area contributed by atoms with Crippen molar-refractivity contribution in [2.75, 3.05) is 11.1 Å². The molecule has 0 unspecified atom stereocenters. The van der Waals surface area contributed by atoms with Crippen LogP contribution in [0.4, 0.5) is 10.8 Å². The van der Waals surface area contributed by atoms with Crippen molar-refractivity contribution in [3.8, 4) is 5.75 Å². The number of halogens is 2. The van der Waals surface area contributed by atoms with Crippen LogP contribution in [0, 0.1) is 13.8 Å². The topological polar surface area (TPSA) is 77.2 Å². The molecule has 0 aliphatic rings. The molecule has 8 heteroatoms. The highest BCUT2D eigenvalue weighted by molar-refractivity contribution is 7.22. The van der Waals surface area contributed by atoms with Crippen LogP contribution < -0.4 is 15.8 Å². The van der Waals surface area contributed by atoms with Crippen molar-refractivity contribution >= 4 is 61.5 Å². The van der Waals surface area contributed by atoms with E-state index in [1.165, 1.54) is 11.3 Å². The summed E-state index contributed by atoms with van der Waals surface area (Å²) in [7, 11) is 0. The molecule has 1 atom stereocenters. The first-order valence-corrected chi connectivity index (χ1v) is 9.42. The number of benzene rings is 2. The number of amides is 1. The molecule has 0 fully saturated rings. The number of aryl methyl sites for hydroxylation is 2. The van der Waals surface area contributed by atoms with E-state index in [9.17, 15) is 4.79 Å². The highest BCUT2D eigenvalue weighted by Gasteiger charge is 2.20. The van der Waals surface area contributed by atoms with E-state index in [4.69, 9.17) is 33.7 Å². The maximum Gasteiger partial charge on any atom is 0.265 e. The SMILES string of the molecule is Cc1cc2nc(N)sc2c(C)c1NC(=O)[C@@H](C)Oc1ccc(Cl)cc1Cl. The van der Waals surface area contributed by atoms with Crippen LogP contribution in [-0.4, -0.2) is 17.0 Å². The molecule has 2 aromatic carbocycles. The average Bonchev–Trinajstić information content (AvgIpc) is 2.94. The van der Waals surface area contributed by atoms with Gasteiger partial charge in [-0.2, -0.15) is 0 Å². The van der Waals surface area contributed by atoms with E-state index >= 15 is 0 Å². The molecular weight excluding hydrogens is 393 g/mol. The van der Waals surface area contributed by atoms with Gasteiger partial charge in [-0.05, 0) is 56.2 Å². The molecule has 0 spiro atoms. The Morgan fingerprint density at radius 3 is 2.73 bits per heavy atom. The number of thiazole rings is 1. The average molecular weight is 410 g/mol. The fraction of sp³-hybridized carbons (Fsp3) is 0.222. The Balaban J connectivity index is 1.82. The van der Waals surface area contributed by atoms with Gasteiger partial charge in [-0.15, -0.1) is 0 Å². The quantitative estimate of drug-likeness (QED) is 0.619. The lowest BCUT2D eigenvalue weighted by atomic mass is 10.1. The Bertz CT molecular complexity index is 1000. The van der Waals surface area contributed by atoms with Crippen LogP contribution in [0.1, 0.15) is 18.1 Å². The molecule has 0 radical (unpaired) electrons. The van der Waals surface area contributed by atoms with Gasteiger partial charge >= 0.3 is 0 Å². The van der Waals surface area contributed by atoms with Gasteiger partial charge in [0, 0.05) is 10.7 Å². The van der Waals surface area contributed by atoms with E-state index in [1.807, 2.05) is 19.9 Å². The maximum atomic E-state index is 12.6. The van der Waals surface area contributed by atoms with Crippen LogP contribution >= 0.6 is 34.5 Å². The lowest BCUT2D eigenvalue weighted by molar-refractivity contribution is -0.122. The van der Waals surface area contributed by atoms with Crippen LogP contribution in [0.3, 0.4) is 0 Å². The molecule has 1 aromatic heterocycles. The number of rotatable bonds is 4. The number of hydrogen-bond acceptors (Lipinski definition) is 5. The molecule has 0 aliphatic heterocycles. The Labute approximate surface area is 165 Å². The fourth-order valence-corrected chi connectivity index (χ4v) is 3.90. The number of aromatic nitrogens is 1. The van der Waals surface area contributed by atoms with Crippen molar-refractivity contribution in [3.05, 3.63) is 45.4 Å². The molecule has 0 bridgehead atoms. The van der Waals surface area contributed by atoms with E-state index in [-0.39, 0.29) is 5.91 Å². The summed E-state index contributed by atoms with van der Waals surface area (Å²) >= 11 is 13.4. The summed E-state index contributed by atoms with van der Waals surface area (Å²) in [5, 5.41) is 4.29. The summed E-state index contributed by atoms with van der Waals surface area (Å²) in [6, 6.07) is 6.77. The van der Waals surface area contributed by atoms with Crippen LogP contribution in [0.2, 0.25) is 10.0 Å². The zero-order chi connectivity index (χ0) is 19.0. The number of nitrogens with one attached hydrogen (secondary N) is 1. The maximum absolute atomic E-state index is 12.6. The van der Waals surface area contributed by atoms with Gasteiger partial charge in [0.25, 0.3) is 5.91 Å². The number of anilines is 2. The summed E-state index contributed by atoms with van der Waals surface area (Å²) < 4.78 is 6.63. The lowest BCUT2D eigenvalue weighted by Crippen LogP contribution is -2.30. The predicted octanol–water partition coefficient (Wildman–Crippen LogP) is 5.21. The second-order valence-corrected chi connectivity index (χ2v) is 7.79. The molecule has 3 aromatic rings. The summed E-state index contributed by atoms with van der Waals surface area (Å²) in [5.74, 6) is 0.122. The van der Waals surface area contributed by atoms with Crippen LogP contribution in [0.15, 0.2) is 24.3 Å². The van der Waals surface area contributed by atoms with Gasteiger partial charge in [-0.25, -0.2) is 4.98 Å². The number of nitrogens with zero attached hydrogens (tertiary/aromatic N) is 1. The number of ether oxygens (including phenoxy) is 1. The molecule has 3 rings (SSSR count). The first-order valence-electron chi connectivity index (χ1n) is 7.85. The van der Waals surface area contributed by atoms with Crippen molar-refractivity contribution in [1.29, 1.82) is 0 Å². The summed E-state index contributed by atoms with van der Waals surface area (Å²) in [6.07, 6.45) is -0.741. The lowest BCUT2D eigenvalue weighted by Gasteiger charge is -2.18. The van der Waals surface area contributed by atoms with Crippen LogP contribution in [0.5, 0.6) is 5.75 Å². The Morgan fingerprint density at radius 1 is 1.31 bits per heavy atom. The van der Waals surface area contributed by atoms with Crippen LogP contribution in [0.25, 0.3) is 10.2 Å². The minimum absolute atomic E-state index is 0.279. The van der Waals surface area contributed by atoms with Crippen molar-refractivity contribution in [1.82, 2.24) is 4.98 Å². The monoisotopic (exact) mass is 409 g/mol. The van der Waals surface area contributed by atoms with Crippen LogP contribution in [-0.2, 0) is 4.79 Å². The van der Waals surface area contributed by atoms with Gasteiger partial charge in [0.2, 0.25) is 0 Å². The minimum atomic E-state index is -0.741. The third-order valence-electron chi connectivity index (χ3n) is 3.95. The molecule has 0 saturated carbocycles. The molecule has 1 amide bonds.